The van der Waals surface area contributed by atoms with E-state index in [-0.39, 0.29) is 16.9 Å². The van der Waals surface area contributed by atoms with Crippen LogP contribution in [0.1, 0.15) is 54.7 Å². The van der Waals surface area contributed by atoms with Gasteiger partial charge >= 0.3 is 12.2 Å². The first-order chi connectivity index (χ1) is 17.6. The van der Waals surface area contributed by atoms with Gasteiger partial charge < -0.3 is 14.4 Å². The summed E-state index contributed by atoms with van der Waals surface area (Å²) in [7, 11) is 0. The largest absolute Gasteiger partial charge is 0.406 e. The number of rotatable bonds is 5. The predicted molar refractivity (Wildman–Crippen MR) is 126 cm³/mol. The second-order valence-corrected chi connectivity index (χ2v) is 12.2. The number of pyridine rings is 1. The van der Waals surface area contributed by atoms with Gasteiger partial charge in [-0.3, -0.25) is 14.8 Å². The van der Waals surface area contributed by atoms with E-state index in [2.05, 4.69) is 15.1 Å². The molecule has 2 amide bonds. The fourth-order valence-corrected chi connectivity index (χ4v) is 6.87. The van der Waals surface area contributed by atoms with Gasteiger partial charge in [-0.15, -0.1) is 0 Å². The molecule has 2 aromatic rings. The van der Waals surface area contributed by atoms with Crippen molar-refractivity contribution in [3.63, 3.8) is 0 Å². The monoisotopic (exact) mass is 517 g/mol. The number of halogens is 3. The Kier molecular flexibility index (Phi) is 4.91. The number of amides is 2. The van der Waals surface area contributed by atoms with Gasteiger partial charge in [-0.1, -0.05) is 0 Å². The third kappa shape index (κ3) is 4.22. The number of aromatic nitrogens is 4. The number of aromatic amines is 1. The number of likely N-dealkylation sites (tertiary alicyclic amines) is 3. The van der Waals surface area contributed by atoms with Crippen molar-refractivity contribution in [3.05, 3.63) is 45.9 Å². The molecule has 5 fully saturated rings. The van der Waals surface area contributed by atoms with Crippen LogP contribution >= 0.6 is 0 Å². The van der Waals surface area contributed by atoms with E-state index in [9.17, 15) is 22.8 Å². The lowest BCUT2D eigenvalue weighted by Crippen LogP contribution is -2.75. The minimum absolute atomic E-state index is 0.108. The molecule has 5 aliphatic rings. The second kappa shape index (κ2) is 7.81. The Morgan fingerprint density at radius 2 is 1.70 bits per heavy atom. The zero-order valence-corrected chi connectivity index (χ0v) is 20.5. The maximum absolute atomic E-state index is 12.9. The first-order valence-corrected chi connectivity index (χ1v) is 13.0. The third-order valence-corrected chi connectivity index (χ3v) is 8.79. The molecule has 37 heavy (non-hydrogen) atoms. The predicted octanol–water partition coefficient (Wildman–Crippen LogP) is 2.52. The normalized spacial score (nSPS) is 24.5. The summed E-state index contributed by atoms with van der Waals surface area (Å²) in [4.78, 5) is 35.7. The molecule has 12 heteroatoms. The fraction of sp³-hybridized carbons (Fsp3) is 0.680. The topological polar surface area (TPSA) is 90.4 Å². The molecule has 2 saturated carbocycles. The van der Waals surface area contributed by atoms with Gasteiger partial charge in [-0.25, -0.2) is 9.78 Å². The maximum atomic E-state index is 12.9. The lowest BCUT2D eigenvalue weighted by molar-refractivity contribution is -0.141. The summed E-state index contributed by atoms with van der Waals surface area (Å²) in [6.45, 7) is 4.03. The van der Waals surface area contributed by atoms with Gasteiger partial charge in [0.25, 0.3) is 5.56 Å². The molecule has 0 atom stereocenters. The van der Waals surface area contributed by atoms with Crippen molar-refractivity contribution in [1.82, 2.24) is 34.4 Å². The number of carbonyl (C=O) groups excluding carboxylic acids is 1. The summed E-state index contributed by atoms with van der Waals surface area (Å²) in [5.74, 6) is 2.97. The number of H-pyrrole nitrogens is 1. The summed E-state index contributed by atoms with van der Waals surface area (Å²) in [6, 6.07) is 2.99. The van der Waals surface area contributed by atoms with E-state index in [0.29, 0.717) is 28.5 Å². The van der Waals surface area contributed by atoms with Crippen molar-refractivity contribution >= 4 is 6.03 Å². The Labute approximate surface area is 211 Å². The van der Waals surface area contributed by atoms with E-state index in [1.165, 1.54) is 25.1 Å². The van der Waals surface area contributed by atoms with Crippen molar-refractivity contribution in [3.8, 4) is 0 Å². The highest BCUT2D eigenvalue weighted by Crippen LogP contribution is 2.56. The van der Waals surface area contributed by atoms with E-state index in [4.69, 9.17) is 4.98 Å². The average Bonchev–Trinajstić information content (AvgIpc) is 3.45. The Morgan fingerprint density at radius 1 is 1.03 bits per heavy atom. The number of alkyl halides is 3. The number of hydrogen-bond donors (Lipinski definition) is 1. The zero-order chi connectivity index (χ0) is 25.6. The van der Waals surface area contributed by atoms with E-state index in [1.54, 1.807) is 6.07 Å². The zero-order valence-electron chi connectivity index (χ0n) is 20.5. The molecule has 3 saturated heterocycles. The number of nitrogens with zero attached hydrogens (tertiary/aromatic N) is 6. The SMILES string of the molecule is O=C(N1CC2(CC(c3nc(C4CC4)n[nH]3)C2)C1)N1CC2(CN(Cc3ccn(CC(F)(F)F)c(=O)c3)C2)C1. The van der Waals surface area contributed by atoms with Crippen LogP contribution in [0.15, 0.2) is 23.1 Å². The van der Waals surface area contributed by atoms with Crippen LogP contribution in [-0.4, -0.2) is 85.9 Å². The minimum Gasteiger partial charge on any atom is -0.323 e. The first-order valence-electron chi connectivity index (χ1n) is 13.0. The summed E-state index contributed by atoms with van der Waals surface area (Å²) in [5, 5.41) is 7.50. The highest BCUT2D eigenvalue weighted by atomic mass is 19.4. The van der Waals surface area contributed by atoms with Gasteiger partial charge in [0, 0.05) is 80.7 Å². The lowest BCUT2D eigenvalue weighted by Gasteiger charge is -2.63. The van der Waals surface area contributed by atoms with Gasteiger partial charge in [0.2, 0.25) is 0 Å². The van der Waals surface area contributed by atoms with Gasteiger partial charge in [0.05, 0.1) is 0 Å². The van der Waals surface area contributed by atoms with E-state index in [0.717, 1.165) is 63.8 Å². The van der Waals surface area contributed by atoms with E-state index < -0.39 is 18.3 Å². The van der Waals surface area contributed by atoms with Crippen molar-refractivity contribution < 1.29 is 18.0 Å². The van der Waals surface area contributed by atoms with Gasteiger partial charge in [-0.2, -0.15) is 18.3 Å². The number of hydrogen-bond acceptors (Lipinski definition) is 5. The van der Waals surface area contributed by atoms with Crippen LogP contribution in [-0.2, 0) is 13.1 Å². The van der Waals surface area contributed by atoms with Gasteiger partial charge in [-0.05, 0) is 37.3 Å². The molecule has 7 rings (SSSR count). The molecule has 5 heterocycles. The number of nitrogens with one attached hydrogen (secondary N) is 1. The fourth-order valence-electron chi connectivity index (χ4n) is 6.87. The molecular weight excluding hydrogens is 487 g/mol. The minimum atomic E-state index is -4.42. The molecule has 2 aliphatic carbocycles. The summed E-state index contributed by atoms with van der Waals surface area (Å²) >= 11 is 0. The van der Waals surface area contributed by atoms with E-state index >= 15 is 0 Å². The van der Waals surface area contributed by atoms with Crippen LogP contribution in [0.25, 0.3) is 0 Å². The van der Waals surface area contributed by atoms with Gasteiger partial charge in [0.1, 0.15) is 12.4 Å². The first kappa shape index (κ1) is 23.2. The molecular formula is C25H30F3N7O2. The molecule has 0 aromatic carbocycles. The Morgan fingerprint density at radius 3 is 2.32 bits per heavy atom. The average molecular weight is 518 g/mol. The third-order valence-electron chi connectivity index (χ3n) is 8.79. The molecule has 2 aromatic heterocycles. The van der Waals surface area contributed by atoms with Crippen LogP contribution in [0.3, 0.4) is 0 Å². The van der Waals surface area contributed by atoms with Crippen LogP contribution in [0.2, 0.25) is 0 Å². The quantitative estimate of drug-likeness (QED) is 0.659. The molecule has 0 bridgehead atoms. The smallest absolute Gasteiger partial charge is 0.323 e. The second-order valence-electron chi connectivity index (χ2n) is 12.2. The number of carbonyl (C=O) groups is 1. The molecule has 3 aliphatic heterocycles. The maximum Gasteiger partial charge on any atom is 0.406 e. The standard InChI is InChI=1S/C25H30F3N7O2/c26-25(27,28)15-33-4-3-16(5-19(33)36)8-32-9-24(10-32)13-35(14-24)22(37)34-11-23(12-34)6-18(7-23)21-29-20(30-31-21)17-1-2-17/h3-5,17-18H,1-2,6-15H2,(H,29,30,31). The summed E-state index contributed by atoms with van der Waals surface area (Å²) < 4.78 is 38.3. The van der Waals surface area contributed by atoms with Crippen molar-refractivity contribution in [2.45, 2.75) is 56.8 Å². The number of urea groups is 1. The molecule has 1 N–H and O–H groups in total. The Balaban J connectivity index is 0.840. The van der Waals surface area contributed by atoms with Gasteiger partial charge in [0.15, 0.2) is 5.82 Å². The van der Waals surface area contributed by atoms with Crippen molar-refractivity contribution in [2.75, 3.05) is 39.3 Å². The van der Waals surface area contributed by atoms with Crippen LogP contribution in [0, 0.1) is 10.8 Å². The highest BCUT2D eigenvalue weighted by Gasteiger charge is 2.58. The summed E-state index contributed by atoms with van der Waals surface area (Å²) in [5.41, 5.74) is 0.428. The Hall–Kier alpha value is -2.89. The van der Waals surface area contributed by atoms with Crippen LogP contribution in [0.5, 0.6) is 0 Å². The lowest BCUT2D eigenvalue weighted by atomic mass is 9.57. The van der Waals surface area contributed by atoms with Crippen molar-refractivity contribution in [1.29, 1.82) is 0 Å². The molecule has 9 nitrogen and oxygen atoms in total. The van der Waals surface area contributed by atoms with Crippen LogP contribution < -0.4 is 5.56 Å². The van der Waals surface area contributed by atoms with Crippen molar-refractivity contribution in [2.24, 2.45) is 10.8 Å². The van der Waals surface area contributed by atoms with E-state index in [1.807, 2.05) is 9.80 Å². The molecule has 198 valence electrons. The molecule has 0 unspecified atom stereocenters. The molecule has 0 radical (unpaired) electrons. The summed E-state index contributed by atoms with van der Waals surface area (Å²) in [6.07, 6.45) is 1.32. The molecule has 2 spiro atoms. The Bertz CT molecular complexity index is 1270. The highest BCUT2D eigenvalue weighted by molar-refractivity contribution is 5.77. The van der Waals surface area contributed by atoms with Crippen LogP contribution in [0.4, 0.5) is 18.0 Å².